The molecule has 0 spiro atoms. The second-order valence-electron chi connectivity index (χ2n) is 5.83. The predicted molar refractivity (Wildman–Crippen MR) is 99.4 cm³/mol. The molecule has 0 atom stereocenters. The zero-order valence-corrected chi connectivity index (χ0v) is 15.6. The van der Waals surface area contributed by atoms with E-state index in [-0.39, 0.29) is 28.7 Å². The highest BCUT2D eigenvalue weighted by molar-refractivity contribution is 8.18. The summed E-state index contributed by atoms with van der Waals surface area (Å²) in [6, 6.07) is 7.42. The Balaban J connectivity index is 1.81. The van der Waals surface area contributed by atoms with Crippen molar-refractivity contribution >= 4 is 40.6 Å². The van der Waals surface area contributed by atoms with E-state index in [1.807, 2.05) is 0 Å². The molecule has 9 nitrogen and oxygen atoms in total. The minimum Gasteiger partial charge on any atom is -0.463 e. The second-order valence-corrected chi connectivity index (χ2v) is 6.82. The lowest BCUT2D eigenvalue weighted by molar-refractivity contribution is -0.385. The van der Waals surface area contributed by atoms with Gasteiger partial charge >= 0.3 is 5.97 Å². The molecule has 3 rings (SSSR count). The molecule has 2 aromatic rings. The molecule has 2 heterocycles. The molecular weight excluding hydrogens is 388 g/mol. The van der Waals surface area contributed by atoms with Crippen molar-refractivity contribution in [1.82, 2.24) is 4.90 Å². The first-order valence-electron chi connectivity index (χ1n) is 7.97. The van der Waals surface area contributed by atoms with Crippen LogP contribution >= 0.6 is 11.8 Å². The van der Waals surface area contributed by atoms with Gasteiger partial charge in [0.25, 0.3) is 16.8 Å². The van der Waals surface area contributed by atoms with E-state index in [1.165, 1.54) is 31.4 Å². The molecule has 1 fully saturated rings. The van der Waals surface area contributed by atoms with Crippen LogP contribution in [-0.2, 0) is 16.1 Å². The number of nitro benzene ring substituents is 1. The number of aryl methyl sites for hydroxylation is 1. The number of hydrogen-bond acceptors (Lipinski definition) is 8. The Bertz CT molecular complexity index is 1020. The molecule has 0 bridgehead atoms. The Morgan fingerprint density at radius 1 is 1.32 bits per heavy atom. The quantitative estimate of drug-likeness (QED) is 0.322. The summed E-state index contributed by atoms with van der Waals surface area (Å²) in [6.45, 7) is 1.47. The van der Waals surface area contributed by atoms with Gasteiger partial charge in [-0.2, -0.15) is 0 Å². The fourth-order valence-corrected chi connectivity index (χ4v) is 3.37. The lowest BCUT2D eigenvalue weighted by atomic mass is 10.1. The van der Waals surface area contributed by atoms with Gasteiger partial charge in [0.2, 0.25) is 5.76 Å². The molecule has 1 aromatic carbocycles. The van der Waals surface area contributed by atoms with E-state index >= 15 is 0 Å². The third-order valence-corrected chi connectivity index (χ3v) is 4.87. The van der Waals surface area contributed by atoms with Crippen LogP contribution in [-0.4, -0.2) is 34.0 Å². The van der Waals surface area contributed by atoms with Gasteiger partial charge in [0, 0.05) is 11.6 Å². The maximum Gasteiger partial charge on any atom is 0.373 e. The van der Waals surface area contributed by atoms with Crippen molar-refractivity contribution in [2.24, 2.45) is 0 Å². The third kappa shape index (κ3) is 3.81. The van der Waals surface area contributed by atoms with E-state index < -0.39 is 22.0 Å². The first-order chi connectivity index (χ1) is 13.3. The van der Waals surface area contributed by atoms with Crippen LogP contribution in [0.4, 0.5) is 10.5 Å². The number of thioether (sulfide) groups is 1. The largest absolute Gasteiger partial charge is 0.463 e. The van der Waals surface area contributed by atoms with Gasteiger partial charge in [0.1, 0.15) is 5.76 Å². The number of methoxy groups -OCH3 is 1. The number of rotatable bonds is 5. The number of nitro groups is 1. The summed E-state index contributed by atoms with van der Waals surface area (Å²) in [5.74, 6) is -1.00. The van der Waals surface area contributed by atoms with E-state index in [4.69, 9.17) is 4.42 Å². The average Bonchev–Trinajstić information content (AvgIpc) is 3.23. The second kappa shape index (κ2) is 7.69. The van der Waals surface area contributed by atoms with Crippen molar-refractivity contribution in [1.29, 1.82) is 0 Å². The average molecular weight is 402 g/mol. The standard InChI is InChI=1S/C18H14N2O7S/c1-10-3-4-11(7-13(10)20(24)25)8-15-16(21)19(18(23)28-15)9-12-5-6-14(27-12)17(22)26-2/h3-8H,9H2,1-2H3. The first kappa shape index (κ1) is 19.4. The normalized spacial score (nSPS) is 15.4. The third-order valence-electron chi connectivity index (χ3n) is 3.96. The first-order valence-corrected chi connectivity index (χ1v) is 8.79. The minimum absolute atomic E-state index is 0.0352. The van der Waals surface area contributed by atoms with Crippen LogP contribution in [0.2, 0.25) is 0 Å². The van der Waals surface area contributed by atoms with Crippen molar-refractivity contribution in [3.63, 3.8) is 0 Å². The predicted octanol–water partition coefficient (Wildman–Crippen LogP) is 3.52. The van der Waals surface area contributed by atoms with E-state index in [0.717, 1.165) is 16.7 Å². The summed E-state index contributed by atoms with van der Waals surface area (Å²) in [5, 5.41) is 10.6. The topological polar surface area (TPSA) is 120 Å². The van der Waals surface area contributed by atoms with Crippen LogP contribution in [0.1, 0.15) is 27.4 Å². The highest BCUT2D eigenvalue weighted by Gasteiger charge is 2.35. The van der Waals surface area contributed by atoms with Gasteiger partial charge in [-0.3, -0.25) is 24.6 Å². The fourth-order valence-electron chi connectivity index (χ4n) is 2.53. The van der Waals surface area contributed by atoms with Crippen molar-refractivity contribution in [3.05, 3.63) is 68.0 Å². The molecule has 0 aliphatic carbocycles. The molecule has 1 aromatic heterocycles. The molecule has 2 amide bonds. The number of ether oxygens (including phenoxy) is 1. The zero-order chi connectivity index (χ0) is 20.4. The minimum atomic E-state index is -0.666. The molecular formula is C18H14N2O7S. The number of esters is 1. The Morgan fingerprint density at radius 2 is 2.07 bits per heavy atom. The number of imide groups is 1. The van der Waals surface area contributed by atoms with Crippen molar-refractivity contribution < 1.29 is 28.5 Å². The number of furan rings is 1. The lowest BCUT2D eigenvalue weighted by Gasteiger charge is -2.09. The smallest absolute Gasteiger partial charge is 0.373 e. The van der Waals surface area contributed by atoms with E-state index in [1.54, 1.807) is 19.1 Å². The number of nitrogens with zero attached hydrogens (tertiary/aromatic N) is 2. The Kier molecular flexibility index (Phi) is 5.32. The molecule has 144 valence electrons. The maximum atomic E-state index is 12.6. The molecule has 1 aliphatic heterocycles. The number of carbonyl (C=O) groups excluding carboxylic acids is 3. The summed E-state index contributed by atoms with van der Waals surface area (Å²) in [7, 11) is 1.21. The van der Waals surface area contributed by atoms with Crippen LogP contribution < -0.4 is 0 Å². The fraction of sp³-hybridized carbons (Fsp3) is 0.167. The summed E-state index contributed by atoms with van der Waals surface area (Å²) in [5.41, 5.74) is 0.863. The van der Waals surface area contributed by atoms with E-state index in [9.17, 15) is 24.5 Å². The highest BCUT2D eigenvalue weighted by Crippen LogP contribution is 2.34. The molecule has 28 heavy (non-hydrogen) atoms. The van der Waals surface area contributed by atoms with Gasteiger partial charge in [-0.05, 0) is 42.5 Å². The number of hydrogen-bond donors (Lipinski definition) is 0. The molecule has 0 N–H and O–H groups in total. The summed E-state index contributed by atoms with van der Waals surface area (Å²) in [6.07, 6.45) is 1.43. The Morgan fingerprint density at radius 3 is 2.75 bits per heavy atom. The van der Waals surface area contributed by atoms with Gasteiger partial charge in [-0.25, -0.2) is 4.79 Å². The van der Waals surface area contributed by atoms with Crippen LogP contribution in [0.3, 0.4) is 0 Å². The van der Waals surface area contributed by atoms with Gasteiger partial charge < -0.3 is 9.15 Å². The van der Waals surface area contributed by atoms with Gasteiger partial charge in [0.15, 0.2) is 0 Å². The summed E-state index contributed by atoms with van der Waals surface area (Å²) in [4.78, 5) is 47.8. The molecule has 10 heteroatoms. The molecule has 1 aliphatic rings. The molecule has 0 radical (unpaired) electrons. The SMILES string of the molecule is COC(=O)c1ccc(CN2C(=O)SC(=Cc3ccc(C)c([N+](=O)[O-])c3)C2=O)o1. The number of amides is 2. The summed E-state index contributed by atoms with van der Waals surface area (Å²) >= 11 is 0.727. The van der Waals surface area contributed by atoms with Crippen LogP contribution in [0, 0.1) is 17.0 Å². The highest BCUT2D eigenvalue weighted by atomic mass is 32.2. The Hall–Kier alpha value is -3.40. The van der Waals surface area contributed by atoms with Crippen LogP contribution in [0.25, 0.3) is 6.08 Å². The van der Waals surface area contributed by atoms with Crippen molar-refractivity contribution in [3.8, 4) is 0 Å². The van der Waals surface area contributed by atoms with Crippen molar-refractivity contribution in [2.45, 2.75) is 13.5 Å². The number of benzene rings is 1. The molecule has 0 saturated carbocycles. The van der Waals surface area contributed by atoms with E-state index in [2.05, 4.69) is 4.74 Å². The monoisotopic (exact) mass is 402 g/mol. The van der Waals surface area contributed by atoms with Gasteiger partial charge in [-0.1, -0.05) is 12.1 Å². The number of carbonyl (C=O) groups is 3. The maximum absolute atomic E-state index is 12.6. The summed E-state index contributed by atoms with van der Waals surface area (Å²) < 4.78 is 9.82. The van der Waals surface area contributed by atoms with Crippen molar-refractivity contribution in [2.75, 3.05) is 7.11 Å². The van der Waals surface area contributed by atoms with Crippen LogP contribution in [0.5, 0.6) is 0 Å². The van der Waals surface area contributed by atoms with E-state index in [0.29, 0.717) is 11.1 Å². The van der Waals surface area contributed by atoms with Gasteiger partial charge in [0.05, 0.1) is 23.5 Å². The Labute approximate surface area is 163 Å². The van der Waals surface area contributed by atoms with Crippen LogP contribution in [0.15, 0.2) is 39.7 Å². The molecule has 1 saturated heterocycles. The zero-order valence-electron chi connectivity index (χ0n) is 14.8. The molecule has 0 unspecified atom stereocenters. The van der Waals surface area contributed by atoms with Gasteiger partial charge in [-0.15, -0.1) is 0 Å². The lowest BCUT2D eigenvalue weighted by Crippen LogP contribution is -2.27.